The van der Waals surface area contributed by atoms with Crippen LogP contribution in [0.15, 0.2) is 24.3 Å². The first kappa shape index (κ1) is 15.6. The summed E-state index contributed by atoms with van der Waals surface area (Å²) in [5, 5.41) is 4.11. The Labute approximate surface area is 131 Å². The molecule has 0 spiro atoms. The lowest BCUT2D eigenvalue weighted by molar-refractivity contribution is -0.134. The molecule has 1 aromatic rings. The largest absolute Gasteiger partial charge is 0.333 e. The standard InChI is InChI=1S/C15H19ClN2O.ClH/c16-13-4-2-1-3-12(13)14-10-17-7-8-18(14)15(19)9-11-5-6-11;/h1-4,11,14,17H,5-10H2;1H. The number of carbonyl (C=O) groups excluding carboxylic acids is 1. The van der Waals surface area contributed by atoms with E-state index in [1.54, 1.807) is 0 Å². The monoisotopic (exact) mass is 314 g/mol. The second kappa shape index (κ2) is 6.79. The molecule has 1 aliphatic carbocycles. The van der Waals surface area contributed by atoms with Gasteiger partial charge in [0.05, 0.1) is 6.04 Å². The summed E-state index contributed by atoms with van der Waals surface area (Å²) in [7, 11) is 0. The van der Waals surface area contributed by atoms with Crippen LogP contribution in [0, 0.1) is 5.92 Å². The van der Waals surface area contributed by atoms with E-state index in [0.29, 0.717) is 12.3 Å². The van der Waals surface area contributed by atoms with E-state index in [9.17, 15) is 4.79 Å². The lowest BCUT2D eigenvalue weighted by atomic mass is 10.0. The summed E-state index contributed by atoms with van der Waals surface area (Å²) in [5.41, 5.74) is 1.06. The van der Waals surface area contributed by atoms with Crippen LogP contribution in [0.5, 0.6) is 0 Å². The van der Waals surface area contributed by atoms with Crippen LogP contribution in [0.1, 0.15) is 30.9 Å². The van der Waals surface area contributed by atoms with Gasteiger partial charge in [-0.05, 0) is 30.4 Å². The number of halogens is 2. The number of benzene rings is 1. The van der Waals surface area contributed by atoms with Crippen LogP contribution in [0.25, 0.3) is 0 Å². The Kier molecular flexibility index (Phi) is 5.30. The van der Waals surface area contributed by atoms with E-state index >= 15 is 0 Å². The Hall–Kier alpha value is -0.770. The zero-order valence-corrected chi connectivity index (χ0v) is 12.9. The summed E-state index contributed by atoms with van der Waals surface area (Å²) in [4.78, 5) is 14.4. The number of amides is 1. The normalized spacial score (nSPS) is 22.2. The second-order valence-corrected chi connectivity index (χ2v) is 5.88. The Morgan fingerprint density at radius 3 is 2.80 bits per heavy atom. The van der Waals surface area contributed by atoms with E-state index in [0.717, 1.165) is 30.2 Å². The molecule has 3 rings (SSSR count). The molecule has 1 saturated heterocycles. The molecule has 0 bridgehead atoms. The number of piperazine rings is 1. The molecule has 1 saturated carbocycles. The molecule has 1 amide bonds. The third kappa shape index (κ3) is 3.46. The summed E-state index contributed by atoms with van der Waals surface area (Å²) in [6, 6.07) is 7.92. The fourth-order valence-electron chi connectivity index (χ4n) is 2.71. The van der Waals surface area contributed by atoms with Gasteiger partial charge in [0, 0.05) is 31.1 Å². The summed E-state index contributed by atoms with van der Waals surface area (Å²) in [5.74, 6) is 0.920. The summed E-state index contributed by atoms with van der Waals surface area (Å²) < 4.78 is 0. The maximum absolute atomic E-state index is 12.4. The summed E-state index contributed by atoms with van der Waals surface area (Å²) in [6.45, 7) is 2.44. The van der Waals surface area contributed by atoms with Crippen LogP contribution in [0.2, 0.25) is 5.02 Å². The van der Waals surface area contributed by atoms with Crippen LogP contribution < -0.4 is 5.32 Å². The quantitative estimate of drug-likeness (QED) is 0.930. The van der Waals surface area contributed by atoms with Gasteiger partial charge in [0.1, 0.15) is 0 Å². The van der Waals surface area contributed by atoms with Crippen molar-refractivity contribution in [2.24, 2.45) is 5.92 Å². The highest BCUT2D eigenvalue weighted by molar-refractivity contribution is 6.31. The van der Waals surface area contributed by atoms with Crippen LogP contribution in [0.4, 0.5) is 0 Å². The van der Waals surface area contributed by atoms with Gasteiger partial charge in [-0.2, -0.15) is 0 Å². The first-order valence-corrected chi connectivity index (χ1v) is 7.38. The molecule has 0 aromatic heterocycles. The van der Waals surface area contributed by atoms with Gasteiger partial charge in [0.25, 0.3) is 0 Å². The van der Waals surface area contributed by atoms with Gasteiger partial charge in [-0.15, -0.1) is 12.4 Å². The van der Waals surface area contributed by atoms with Crippen molar-refractivity contribution in [2.75, 3.05) is 19.6 Å². The Morgan fingerprint density at radius 1 is 1.35 bits per heavy atom. The number of hydrogen-bond donors (Lipinski definition) is 1. The molecule has 1 heterocycles. The Balaban J connectivity index is 0.00000147. The predicted octanol–water partition coefficient (Wildman–Crippen LogP) is 3.03. The number of rotatable bonds is 3. The predicted molar refractivity (Wildman–Crippen MR) is 83.4 cm³/mol. The van der Waals surface area contributed by atoms with Crippen molar-refractivity contribution in [2.45, 2.75) is 25.3 Å². The molecule has 1 unspecified atom stereocenters. The van der Waals surface area contributed by atoms with Crippen molar-refractivity contribution in [1.29, 1.82) is 0 Å². The van der Waals surface area contributed by atoms with Crippen LogP contribution in [0.3, 0.4) is 0 Å². The molecular weight excluding hydrogens is 295 g/mol. The van der Waals surface area contributed by atoms with E-state index in [1.807, 2.05) is 29.2 Å². The van der Waals surface area contributed by atoms with Gasteiger partial charge in [-0.1, -0.05) is 29.8 Å². The van der Waals surface area contributed by atoms with E-state index in [1.165, 1.54) is 12.8 Å². The fraction of sp³-hybridized carbons (Fsp3) is 0.533. The molecule has 2 fully saturated rings. The molecular formula is C15H20Cl2N2O. The van der Waals surface area contributed by atoms with Crippen molar-refractivity contribution < 1.29 is 4.79 Å². The smallest absolute Gasteiger partial charge is 0.223 e. The third-order valence-electron chi connectivity index (χ3n) is 3.99. The maximum atomic E-state index is 12.4. The van der Waals surface area contributed by atoms with E-state index in [4.69, 9.17) is 11.6 Å². The number of hydrogen-bond acceptors (Lipinski definition) is 2. The highest BCUT2D eigenvalue weighted by Crippen LogP contribution is 2.35. The number of nitrogens with zero attached hydrogens (tertiary/aromatic N) is 1. The van der Waals surface area contributed by atoms with Gasteiger partial charge < -0.3 is 10.2 Å². The summed E-state index contributed by atoms with van der Waals surface area (Å²) >= 11 is 6.28. The number of carbonyl (C=O) groups is 1. The molecule has 110 valence electrons. The second-order valence-electron chi connectivity index (χ2n) is 5.48. The van der Waals surface area contributed by atoms with Gasteiger partial charge in [-0.25, -0.2) is 0 Å². The Bertz CT molecular complexity index is 477. The minimum atomic E-state index is 0. The van der Waals surface area contributed by atoms with Crippen molar-refractivity contribution in [1.82, 2.24) is 10.2 Å². The molecule has 0 radical (unpaired) electrons. The Morgan fingerprint density at radius 2 is 2.10 bits per heavy atom. The molecule has 1 N–H and O–H groups in total. The topological polar surface area (TPSA) is 32.3 Å². The lowest BCUT2D eigenvalue weighted by Gasteiger charge is -2.37. The lowest BCUT2D eigenvalue weighted by Crippen LogP contribution is -2.48. The zero-order valence-electron chi connectivity index (χ0n) is 11.3. The average molecular weight is 315 g/mol. The van der Waals surface area contributed by atoms with Crippen LogP contribution in [-0.2, 0) is 4.79 Å². The van der Waals surface area contributed by atoms with Gasteiger partial charge in [0.2, 0.25) is 5.91 Å². The molecule has 3 nitrogen and oxygen atoms in total. The van der Waals surface area contributed by atoms with Gasteiger partial charge in [0.15, 0.2) is 0 Å². The van der Waals surface area contributed by atoms with Crippen LogP contribution in [-0.4, -0.2) is 30.4 Å². The molecule has 2 aliphatic rings. The van der Waals surface area contributed by atoms with Crippen molar-refractivity contribution in [3.8, 4) is 0 Å². The molecule has 1 atom stereocenters. The average Bonchev–Trinajstić information content (AvgIpc) is 3.23. The van der Waals surface area contributed by atoms with Crippen molar-refractivity contribution in [3.63, 3.8) is 0 Å². The van der Waals surface area contributed by atoms with Gasteiger partial charge in [-0.3, -0.25) is 4.79 Å². The third-order valence-corrected chi connectivity index (χ3v) is 4.33. The summed E-state index contributed by atoms with van der Waals surface area (Å²) in [6.07, 6.45) is 3.14. The van der Waals surface area contributed by atoms with E-state index in [2.05, 4.69) is 5.32 Å². The molecule has 5 heteroatoms. The van der Waals surface area contributed by atoms with E-state index < -0.39 is 0 Å². The number of nitrogens with one attached hydrogen (secondary N) is 1. The first-order chi connectivity index (χ1) is 9.25. The zero-order chi connectivity index (χ0) is 13.2. The molecule has 1 aromatic carbocycles. The van der Waals surface area contributed by atoms with Crippen LogP contribution >= 0.6 is 24.0 Å². The van der Waals surface area contributed by atoms with Crippen molar-refractivity contribution in [3.05, 3.63) is 34.9 Å². The van der Waals surface area contributed by atoms with Gasteiger partial charge >= 0.3 is 0 Å². The molecule has 20 heavy (non-hydrogen) atoms. The SMILES string of the molecule is Cl.O=C(CC1CC1)N1CCNCC1c1ccccc1Cl. The minimum Gasteiger partial charge on any atom is -0.333 e. The van der Waals surface area contributed by atoms with Crippen molar-refractivity contribution >= 4 is 29.9 Å². The first-order valence-electron chi connectivity index (χ1n) is 7.00. The highest BCUT2D eigenvalue weighted by Gasteiger charge is 2.32. The molecule has 1 aliphatic heterocycles. The minimum absolute atomic E-state index is 0. The van der Waals surface area contributed by atoms with E-state index in [-0.39, 0.29) is 24.4 Å². The fourth-order valence-corrected chi connectivity index (χ4v) is 2.97. The highest BCUT2D eigenvalue weighted by atomic mass is 35.5. The maximum Gasteiger partial charge on any atom is 0.223 e.